The van der Waals surface area contributed by atoms with Crippen molar-refractivity contribution in [3.63, 3.8) is 0 Å². The van der Waals surface area contributed by atoms with E-state index in [0.29, 0.717) is 23.7 Å². The van der Waals surface area contributed by atoms with Gasteiger partial charge in [-0.3, -0.25) is 4.79 Å². The maximum atomic E-state index is 12.5. The van der Waals surface area contributed by atoms with Crippen LogP contribution in [0.2, 0.25) is 0 Å². The molecule has 0 spiro atoms. The van der Waals surface area contributed by atoms with Crippen LogP contribution in [0.15, 0.2) is 71.3 Å². The second kappa shape index (κ2) is 7.94. The predicted molar refractivity (Wildman–Crippen MR) is 102 cm³/mol. The van der Waals surface area contributed by atoms with Gasteiger partial charge in [0, 0.05) is 11.8 Å². The van der Waals surface area contributed by atoms with Gasteiger partial charge in [-0.1, -0.05) is 48.5 Å². The molecule has 3 rings (SSSR count). The van der Waals surface area contributed by atoms with E-state index in [-0.39, 0.29) is 5.91 Å². The summed E-state index contributed by atoms with van der Waals surface area (Å²) in [5.41, 5.74) is 3.05. The van der Waals surface area contributed by atoms with Gasteiger partial charge in [0.1, 0.15) is 12.3 Å². The van der Waals surface area contributed by atoms with Gasteiger partial charge in [0.2, 0.25) is 5.88 Å². The molecule has 25 heavy (non-hydrogen) atoms. The number of hydrogen-bond acceptors (Lipinski definition) is 3. The first-order valence-electron chi connectivity index (χ1n) is 7.83. The number of amides is 1. The van der Waals surface area contributed by atoms with Crippen LogP contribution in [-0.2, 0) is 6.61 Å². The highest BCUT2D eigenvalue weighted by Gasteiger charge is 2.16. The summed E-state index contributed by atoms with van der Waals surface area (Å²) < 4.78 is 6.60. The highest BCUT2D eigenvalue weighted by molar-refractivity contribution is 9.10. The quantitative estimate of drug-likeness (QED) is 0.661. The Morgan fingerprint density at radius 1 is 1.08 bits per heavy atom. The number of nitrogens with zero attached hydrogens (tertiary/aromatic N) is 1. The Morgan fingerprint density at radius 2 is 1.72 bits per heavy atom. The van der Waals surface area contributed by atoms with Gasteiger partial charge in [-0.25, -0.2) is 4.98 Å². The van der Waals surface area contributed by atoms with Crippen LogP contribution in [0.4, 0.5) is 5.69 Å². The van der Waals surface area contributed by atoms with Crippen LogP contribution in [0.5, 0.6) is 5.88 Å². The summed E-state index contributed by atoms with van der Waals surface area (Å²) in [4.78, 5) is 16.8. The standard InChI is InChI=1S/C20H17BrN2O2/c1-14-12-22-20(25-13-15-8-4-2-5-9-15)18(17(14)21)23-19(24)16-10-6-3-7-11-16/h2-12H,13H2,1H3,(H,23,24). The van der Waals surface area contributed by atoms with Crippen molar-refractivity contribution >= 4 is 27.5 Å². The fourth-order valence-corrected chi connectivity index (χ4v) is 2.66. The number of aromatic nitrogens is 1. The molecule has 0 unspecified atom stereocenters. The molecule has 4 nitrogen and oxygen atoms in total. The first kappa shape index (κ1) is 17.2. The summed E-state index contributed by atoms with van der Waals surface area (Å²) in [5.74, 6) is 0.170. The highest BCUT2D eigenvalue weighted by Crippen LogP contribution is 2.34. The van der Waals surface area contributed by atoms with E-state index in [2.05, 4.69) is 26.2 Å². The number of aryl methyl sites for hydroxylation is 1. The molecule has 0 bridgehead atoms. The SMILES string of the molecule is Cc1cnc(OCc2ccccc2)c(NC(=O)c2ccccc2)c1Br. The number of pyridine rings is 1. The fraction of sp³-hybridized carbons (Fsp3) is 0.100. The van der Waals surface area contributed by atoms with Crippen LogP contribution in [0, 0.1) is 6.92 Å². The Kier molecular flexibility index (Phi) is 5.46. The van der Waals surface area contributed by atoms with E-state index in [1.165, 1.54) is 0 Å². The molecule has 0 saturated heterocycles. The van der Waals surface area contributed by atoms with Crippen molar-refractivity contribution in [3.05, 3.63) is 88.0 Å². The molecule has 5 heteroatoms. The van der Waals surface area contributed by atoms with Crippen molar-refractivity contribution in [2.75, 3.05) is 5.32 Å². The van der Waals surface area contributed by atoms with E-state index in [0.717, 1.165) is 15.6 Å². The maximum absolute atomic E-state index is 12.5. The van der Waals surface area contributed by atoms with Gasteiger partial charge < -0.3 is 10.1 Å². The Hall–Kier alpha value is -2.66. The number of anilines is 1. The molecule has 2 aromatic carbocycles. The molecule has 1 heterocycles. The highest BCUT2D eigenvalue weighted by atomic mass is 79.9. The topological polar surface area (TPSA) is 51.2 Å². The minimum Gasteiger partial charge on any atom is -0.471 e. The fourth-order valence-electron chi connectivity index (χ4n) is 2.29. The lowest BCUT2D eigenvalue weighted by Gasteiger charge is -2.14. The average Bonchev–Trinajstić information content (AvgIpc) is 2.66. The molecular formula is C20H17BrN2O2. The Labute approximate surface area is 155 Å². The van der Waals surface area contributed by atoms with E-state index in [9.17, 15) is 4.79 Å². The summed E-state index contributed by atoms with van der Waals surface area (Å²) in [7, 11) is 0. The van der Waals surface area contributed by atoms with E-state index >= 15 is 0 Å². The van der Waals surface area contributed by atoms with E-state index in [1.54, 1.807) is 18.3 Å². The van der Waals surface area contributed by atoms with Gasteiger partial charge in [0.05, 0.1) is 4.47 Å². The lowest BCUT2D eigenvalue weighted by Crippen LogP contribution is -2.14. The summed E-state index contributed by atoms with van der Waals surface area (Å²) in [5, 5.41) is 2.90. The van der Waals surface area contributed by atoms with Crippen LogP contribution in [0.1, 0.15) is 21.5 Å². The number of halogens is 1. The van der Waals surface area contributed by atoms with Crippen molar-refractivity contribution < 1.29 is 9.53 Å². The summed E-state index contributed by atoms with van der Waals surface area (Å²) >= 11 is 3.52. The van der Waals surface area contributed by atoms with E-state index in [4.69, 9.17) is 4.74 Å². The Balaban J connectivity index is 1.84. The van der Waals surface area contributed by atoms with Gasteiger partial charge in [0.25, 0.3) is 5.91 Å². The summed E-state index contributed by atoms with van der Waals surface area (Å²) in [6, 6.07) is 18.9. The molecule has 1 amide bonds. The van der Waals surface area contributed by atoms with Gasteiger partial charge in [-0.2, -0.15) is 0 Å². The van der Waals surface area contributed by atoms with Gasteiger partial charge in [0.15, 0.2) is 0 Å². The van der Waals surface area contributed by atoms with Crippen molar-refractivity contribution in [2.45, 2.75) is 13.5 Å². The third-order valence-electron chi connectivity index (χ3n) is 3.65. The third-order valence-corrected chi connectivity index (χ3v) is 4.67. The van der Waals surface area contributed by atoms with Gasteiger partial charge in [-0.05, 0) is 46.1 Å². The lowest BCUT2D eigenvalue weighted by molar-refractivity contribution is 0.102. The Bertz CT molecular complexity index is 868. The van der Waals surface area contributed by atoms with Gasteiger partial charge >= 0.3 is 0 Å². The summed E-state index contributed by atoms with van der Waals surface area (Å²) in [6.07, 6.45) is 1.71. The van der Waals surface area contributed by atoms with Crippen LogP contribution < -0.4 is 10.1 Å². The van der Waals surface area contributed by atoms with Crippen molar-refractivity contribution in [3.8, 4) is 5.88 Å². The number of benzene rings is 2. The lowest BCUT2D eigenvalue weighted by atomic mass is 10.2. The molecule has 0 saturated carbocycles. The number of carbonyl (C=O) groups excluding carboxylic acids is 1. The average molecular weight is 397 g/mol. The molecule has 1 aromatic heterocycles. The number of ether oxygens (including phenoxy) is 1. The molecule has 126 valence electrons. The second-order valence-electron chi connectivity index (χ2n) is 5.53. The Morgan fingerprint density at radius 3 is 2.40 bits per heavy atom. The van der Waals surface area contributed by atoms with Crippen molar-refractivity contribution in [2.24, 2.45) is 0 Å². The zero-order valence-electron chi connectivity index (χ0n) is 13.7. The zero-order chi connectivity index (χ0) is 17.6. The number of nitrogens with one attached hydrogen (secondary N) is 1. The number of carbonyl (C=O) groups is 1. The normalized spacial score (nSPS) is 10.3. The number of rotatable bonds is 5. The summed E-state index contributed by atoms with van der Waals surface area (Å²) in [6.45, 7) is 2.29. The van der Waals surface area contributed by atoms with Gasteiger partial charge in [-0.15, -0.1) is 0 Å². The maximum Gasteiger partial charge on any atom is 0.255 e. The van der Waals surface area contributed by atoms with Crippen molar-refractivity contribution in [1.29, 1.82) is 0 Å². The monoisotopic (exact) mass is 396 g/mol. The van der Waals surface area contributed by atoms with E-state index < -0.39 is 0 Å². The molecule has 0 aliphatic rings. The number of hydrogen-bond donors (Lipinski definition) is 1. The largest absolute Gasteiger partial charge is 0.471 e. The molecule has 1 N–H and O–H groups in total. The van der Waals surface area contributed by atoms with Crippen LogP contribution >= 0.6 is 15.9 Å². The molecular weight excluding hydrogens is 380 g/mol. The minimum absolute atomic E-state index is 0.210. The van der Waals surface area contributed by atoms with Crippen LogP contribution in [0.25, 0.3) is 0 Å². The van der Waals surface area contributed by atoms with Crippen LogP contribution in [-0.4, -0.2) is 10.9 Å². The molecule has 0 aliphatic heterocycles. The molecule has 0 atom stereocenters. The minimum atomic E-state index is -0.210. The predicted octanol–water partition coefficient (Wildman–Crippen LogP) is 4.98. The molecule has 0 radical (unpaired) electrons. The third kappa shape index (κ3) is 4.25. The molecule has 0 fully saturated rings. The zero-order valence-corrected chi connectivity index (χ0v) is 15.3. The molecule has 0 aliphatic carbocycles. The molecule has 3 aromatic rings. The van der Waals surface area contributed by atoms with E-state index in [1.807, 2.05) is 55.5 Å². The van der Waals surface area contributed by atoms with Crippen LogP contribution in [0.3, 0.4) is 0 Å². The second-order valence-corrected chi connectivity index (χ2v) is 6.32. The first-order chi connectivity index (χ1) is 12.1. The first-order valence-corrected chi connectivity index (χ1v) is 8.62. The van der Waals surface area contributed by atoms with Crippen molar-refractivity contribution in [1.82, 2.24) is 4.98 Å². The smallest absolute Gasteiger partial charge is 0.255 e.